The molecule has 1 aliphatic rings. The number of para-hydroxylation sites is 3. The van der Waals surface area contributed by atoms with E-state index in [-0.39, 0.29) is 54.0 Å². The van der Waals surface area contributed by atoms with Crippen molar-refractivity contribution in [1.29, 1.82) is 0 Å². The molecule has 1 fully saturated rings. The number of anilines is 3. The Morgan fingerprint density at radius 2 is 1.37 bits per heavy atom. The molecule has 350 valence electrons. The SMILES string of the molecule is CCCCCCCCCCCCCCCCCc1nc2ccccc2n1-c1ccccc1.CS(=O)(=O)[O-].Cl.Cn1cnc2c(Nc3cccc(Cl)c3)nc(N[C@@H]3CCCC[C@@H]3N)nc21.[Na+]. The Morgan fingerprint density at radius 3 is 1.98 bits per heavy atom. The van der Waals surface area contributed by atoms with Gasteiger partial charge in [-0.25, -0.2) is 18.4 Å². The molecule has 0 saturated heterocycles. The van der Waals surface area contributed by atoms with Gasteiger partial charge >= 0.3 is 29.6 Å². The van der Waals surface area contributed by atoms with Crippen LogP contribution in [-0.2, 0) is 23.6 Å². The summed E-state index contributed by atoms with van der Waals surface area (Å²) >= 11 is 6.09. The van der Waals surface area contributed by atoms with Gasteiger partial charge in [-0.3, -0.25) is 4.57 Å². The fourth-order valence-corrected chi connectivity index (χ4v) is 8.32. The molecule has 65 heavy (non-hydrogen) atoms. The number of aromatic nitrogens is 6. The van der Waals surface area contributed by atoms with Crippen LogP contribution in [0.4, 0.5) is 17.5 Å². The van der Waals surface area contributed by atoms with Gasteiger partial charge in [0.15, 0.2) is 17.0 Å². The van der Waals surface area contributed by atoms with E-state index < -0.39 is 10.1 Å². The molecule has 3 heterocycles. The topological polar surface area (TPSA) is 169 Å². The van der Waals surface area contributed by atoms with Crippen molar-refractivity contribution in [3.05, 3.63) is 96.0 Å². The van der Waals surface area contributed by atoms with Crippen LogP contribution in [0.5, 0.6) is 0 Å². The van der Waals surface area contributed by atoms with E-state index in [9.17, 15) is 0 Å². The first-order valence-electron chi connectivity index (χ1n) is 23.2. The van der Waals surface area contributed by atoms with Gasteiger partial charge < -0.3 is 25.5 Å². The summed E-state index contributed by atoms with van der Waals surface area (Å²) < 4.78 is 31.5. The third kappa shape index (κ3) is 19.8. The van der Waals surface area contributed by atoms with Crippen LogP contribution in [0.2, 0.25) is 5.02 Å². The standard InChI is InChI=1S/C30H44N2.C18H22ClN7.CH4O3S.ClH.Na/c1-2-3-4-5-6-7-8-9-10-11-12-13-14-15-19-26-30-31-28-24-20-21-25-29(28)32(30)27-22-17-16-18-23-27;1-26-10-21-15-16(22-12-6-4-5-11(19)9-12)24-18(25-17(15)26)23-14-8-3-2-7-13(14)20;1-5(2,3)4;;/h16-18,20-25H,2-15,19,26H2,1H3;4-6,9-10,13-14H,2-3,7-8,20H2,1H3,(H2,22,23,24,25);1H3,(H,2,3,4);1H;/q;;;;+1/p-1/t;13-,14+;;;/m.0.../s1. The number of aryl methyl sites for hydroxylation is 2. The zero-order chi connectivity index (χ0) is 44.9. The number of unbranched alkanes of at least 4 members (excludes halogenated alkanes) is 14. The second-order valence-corrected chi connectivity index (χ2v) is 18.7. The molecule has 1 saturated carbocycles. The molecule has 0 radical (unpaired) electrons. The Bertz CT molecular complexity index is 2360. The van der Waals surface area contributed by atoms with Gasteiger partial charge in [-0.15, -0.1) is 12.4 Å². The van der Waals surface area contributed by atoms with Crippen molar-refractivity contribution in [1.82, 2.24) is 29.1 Å². The van der Waals surface area contributed by atoms with Crippen molar-refractivity contribution in [2.45, 2.75) is 147 Å². The molecular weight excluding hydrogens is 889 g/mol. The summed E-state index contributed by atoms with van der Waals surface area (Å²) in [5, 5.41) is 7.39. The first-order valence-corrected chi connectivity index (χ1v) is 25.4. The molecule has 3 aromatic heterocycles. The van der Waals surface area contributed by atoms with E-state index >= 15 is 0 Å². The molecule has 0 aliphatic heterocycles. The van der Waals surface area contributed by atoms with Gasteiger partial charge in [-0.1, -0.05) is 158 Å². The fourth-order valence-electron chi connectivity index (χ4n) is 8.13. The van der Waals surface area contributed by atoms with E-state index in [1.54, 1.807) is 6.33 Å². The maximum absolute atomic E-state index is 9.08. The van der Waals surface area contributed by atoms with Gasteiger partial charge in [-0.2, -0.15) is 9.97 Å². The van der Waals surface area contributed by atoms with E-state index in [4.69, 9.17) is 35.3 Å². The minimum atomic E-state index is -3.92. The first-order chi connectivity index (χ1) is 30.5. The summed E-state index contributed by atoms with van der Waals surface area (Å²) in [6.45, 7) is 2.29. The molecule has 1 aliphatic carbocycles. The zero-order valence-electron chi connectivity index (χ0n) is 39.1. The van der Waals surface area contributed by atoms with Crippen LogP contribution >= 0.6 is 24.0 Å². The van der Waals surface area contributed by atoms with Gasteiger partial charge in [0.25, 0.3) is 0 Å². The van der Waals surface area contributed by atoms with Crippen LogP contribution in [0.3, 0.4) is 0 Å². The quantitative estimate of drug-likeness (QED) is 0.0359. The van der Waals surface area contributed by atoms with Crippen molar-refractivity contribution in [3.63, 3.8) is 0 Å². The maximum atomic E-state index is 9.08. The Hall–Kier alpha value is -3.27. The molecule has 7 rings (SSSR count). The maximum Gasteiger partial charge on any atom is 1.00 e. The first kappa shape index (κ1) is 56.1. The number of nitrogens with one attached hydrogen (secondary N) is 2. The average Bonchev–Trinajstić information content (AvgIpc) is 3.83. The second-order valence-electron chi connectivity index (χ2n) is 16.8. The zero-order valence-corrected chi connectivity index (χ0v) is 43.4. The van der Waals surface area contributed by atoms with E-state index in [0.29, 0.717) is 28.6 Å². The fraction of sp³-hybridized carbons (Fsp3) is 0.510. The molecule has 0 spiro atoms. The minimum Gasteiger partial charge on any atom is -0.748 e. The third-order valence-electron chi connectivity index (χ3n) is 11.4. The number of imidazole rings is 2. The molecule has 4 N–H and O–H groups in total. The predicted molar refractivity (Wildman–Crippen MR) is 267 cm³/mol. The summed E-state index contributed by atoms with van der Waals surface area (Å²) in [4.78, 5) is 18.7. The van der Waals surface area contributed by atoms with Gasteiger partial charge in [0.1, 0.15) is 5.82 Å². The molecule has 0 unspecified atom stereocenters. The van der Waals surface area contributed by atoms with Crippen LogP contribution in [0.15, 0.2) is 85.2 Å². The van der Waals surface area contributed by atoms with E-state index in [1.165, 1.54) is 126 Å². The smallest absolute Gasteiger partial charge is 0.748 e. The van der Waals surface area contributed by atoms with Crippen LogP contribution in [0.1, 0.15) is 135 Å². The van der Waals surface area contributed by atoms with E-state index in [1.807, 2.05) is 35.9 Å². The van der Waals surface area contributed by atoms with Gasteiger partial charge in [-0.05, 0) is 61.7 Å². The molecule has 3 aromatic carbocycles. The van der Waals surface area contributed by atoms with Crippen molar-refractivity contribution >= 4 is 73.8 Å². The summed E-state index contributed by atoms with van der Waals surface area (Å²) in [6, 6.07) is 27.0. The molecule has 12 nitrogen and oxygen atoms in total. The molecule has 16 heteroatoms. The Morgan fingerprint density at radius 1 is 0.785 bits per heavy atom. The molecule has 0 bridgehead atoms. The van der Waals surface area contributed by atoms with Crippen LogP contribution in [0, 0.1) is 0 Å². The minimum absolute atomic E-state index is 0. The molecular formula is C49H70Cl2N9NaO3S. The largest absolute Gasteiger partial charge is 1.00 e. The monoisotopic (exact) mass is 957 g/mol. The Labute approximate surface area is 421 Å². The number of hydrogen-bond acceptors (Lipinski definition) is 10. The number of hydrogen-bond donors (Lipinski definition) is 3. The Kier molecular flexibility index (Phi) is 26.0. The number of rotatable bonds is 21. The molecule has 2 atom stereocenters. The van der Waals surface area contributed by atoms with Gasteiger partial charge in [0.2, 0.25) is 5.95 Å². The van der Waals surface area contributed by atoms with Gasteiger partial charge in [0.05, 0.1) is 27.5 Å². The van der Waals surface area contributed by atoms with Crippen molar-refractivity contribution in [2.24, 2.45) is 12.8 Å². The average molecular weight is 959 g/mol. The second kappa shape index (κ2) is 30.2. The van der Waals surface area contributed by atoms with Crippen LogP contribution in [0.25, 0.3) is 27.9 Å². The number of halogens is 2. The number of nitrogens with zero attached hydrogens (tertiary/aromatic N) is 6. The predicted octanol–water partition coefficient (Wildman–Crippen LogP) is 9.47. The van der Waals surface area contributed by atoms with Crippen LogP contribution < -0.4 is 45.9 Å². The third-order valence-corrected chi connectivity index (χ3v) is 11.7. The van der Waals surface area contributed by atoms with Crippen molar-refractivity contribution < 1.29 is 42.5 Å². The summed E-state index contributed by atoms with van der Waals surface area (Å²) in [5.41, 5.74) is 12.1. The van der Waals surface area contributed by atoms with Crippen LogP contribution in [-0.4, -0.2) is 60.4 Å². The summed E-state index contributed by atoms with van der Waals surface area (Å²) in [5.74, 6) is 2.41. The van der Waals surface area contributed by atoms with E-state index in [0.717, 1.165) is 36.1 Å². The number of nitrogens with two attached hydrogens (primary N) is 1. The van der Waals surface area contributed by atoms with Gasteiger partial charge in [0, 0.05) is 48.2 Å². The van der Waals surface area contributed by atoms with Crippen molar-refractivity contribution in [3.8, 4) is 5.69 Å². The normalized spacial score (nSPS) is 14.6. The molecule has 0 amide bonds. The van der Waals surface area contributed by atoms with E-state index in [2.05, 4.69) is 91.7 Å². The summed E-state index contributed by atoms with van der Waals surface area (Å²) in [7, 11) is -2.00. The van der Waals surface area contributed by atoms with Crippen molar-refractivity contribution in [2.75, 3.05) is 16.9 Å². The number of benzene rings is 3. The number of fused-ring (bicyclic) bond motifs is 2. The Balaban J connectivity index is 0.000000308. The summed E-state index contributed by atoms with van der Waals surface area (Å²) in [6.07, 6.45) is 28.9. The molecule has 6 aromatic rings.